The first-order valence-electron chi connectivity index (χ1n) is 8.22. The first-order chi connectivity index (χ1) is 12.2. The molecule has 1 aliphatic heterocycles. The zero-order chi connectivity index (χ0) is 17.5. The second-order valence-corrected chi connectivity index (χ2v) is 5.74. The zero-order valence-electron chi connectivity index (χ0n) is 13.7. The maximum absolute atomic E-state index is 12.1. The Morgan fingerprint density at radius 1 is 0.960 bits per heavy atom. The third kappa shape index (κ3) is 4.81. The van der Waals surface area contributed by atoms with Crippen molar-refractivity contribution < 1.29 is 19.1 Å². The van der Waals surface area contributed by atoms with Crippen LogP contribution in [-0.4, -0.2) is 31.1 Å². The lowest BCUT2D eigenvalue weighted by atomic mass is 10.2. The van der Waals surface area contributed by atoms with Gasteiger partial charge in [-0.25, -0.2) is 0 Å². The van der Waals surface area contributed by atoms with Crippen molar-refractivity contribution in [1.29, 1.82) is 0 Å². The van der Waals surface area contributed by atoms with E-state index in [1.807, 2.05) is 6.07 Å². The first-order valence-corrected chi connectivity index (χ1v) is 8.22. The van der Waals surface area contributed by atoms with E-state index in [0.717, 1.165) is 19.4 Å². The van der Waals surface area contributed by atoms with Gasteiger partial charge in [0.1, 0.15) is 12.4 Å². The first kappa shape index (κ1) is 17.0. The number of benzene rings is 2. The molecule has 0 aromatic heterocycles. The van der Waals surface area contributed by atoms with Gasteiger partial charge in [0, 0.05) is 17.7 Å². The second-order valence-electron chi connectivity index (χ2n) is 5.74. The number of amides is 2. The summed E-state index contributed by atoms with van der Waals surface area (Å²) in [5, 5.41) is 0. The lowest BCUT2D eigenvalue weighted by molar-refractivity contribution is 0.0679. The maximum atomic E-state index is 12.1. The second kappa shape index (κ2) is 8.30. The van der Waals surface area contributed by atoms with Crippen molar-refractivity contribution in [1.82, 2.24) is 10.9 Å². The predicted molar refractivity (Wildman–Crippen MR) is 92.3 cm³/mol. The molecule has 6 nitrogen and oxygen atoms in total. The highest BCUT2D eigenvalue weighted by atomic mass is 16.5. The summed E-state index contributed by atoms with van der Waals surface area (Å²) >= 11 is 0. The van der Waals surface area contributed by atoms with Crippen molar-refractivity contribution >= 4 is 11.8 Å². The zero-order valence-corrected chi connectivity index (χ0v) is 13.7. The number of carbonyl (C=O) groups is 2. The standard InChI is InChI=1S/C19H20N2O4/c22-18(14-5-2-1-3-6-14)20-21-19(23)15-8-10-16(11-9-15)25-13-17-7-4-12-24-17/h1-3,5-6,8-11,17H,4,7,12-13H2,(H,20,22)(H,21,23)/t17-/m1/s1. The van der Waals surface area contributed by atoms with Crippen LogP contribution in [0.25, 0.3) is 0 Å². The van der Waals surface area contributed by atoms with E-state index in [9.17, 15) is 9.59 Å². The fourth-order valence-electron chi connectivity index (χ4n) is 2.51. The number of nitrogens with one attached hydrogen (secondary N) is 2. The lowest BCUT2D eigenvalue weighted by Crippen LogP contribution is -2.41. The van der Waals surface area contributed by atoms with Gasteiger partial charge in [-0.05, 0) is 49.2 Å². The third-order valence-electron chi connectivity index (χ3n) is 3.90. The van der Waals surface area contributed by atoms with Crippen molar-refractivity contribution in [3.05, 3.63) is 65.7 Å². The highest BCUT2D eigenvalue weighted by Crippen LogP contribution is 2.16. The van der Waals surface area contributed by atoms with E-state index in [-0.39, 0.29) is 12.0 Å². The molecule has 0 radical (unpaired) electrons. The van der Waals surface area contributed by atoms with Crippen LogP contribution in [0.1, 0.15) is 33.6 Å². The Morgan fingerprint density at radius 3 is 2.20 bits per heavy atom. The van der Waals surface area contributed by atoms with Crippen molar-refractivity contribution in [3.63, 3.8) is 0 Å². The summed E-state index contributed by atoms with van der Waals surface area (Å²) in [4.78, 5) is 24.0. The molecule has 0 spiro atoms. The Kier molecular flexibility index (Phi) is 5.64. The summed E-state index contributed by atoms with van der Waals surface area (Å²) in [7, 11) is 0. The molecule has 2 amide bonds. The molecule has 6 heteroatoms. The third-order valence-corrected chi connectivity index (χ3v) is 3.90. The topological polar surface area (TPSA) is 76.7 Å². The van der Waals surface area contributed by atoms with Gasteiger partial charge in [-0.1, -0.05) is 18.2 Å². The van der Waals surface area contributed by atoms with Gasteiger partial charge in [0.15, 0.2) is 0 Å². The Morgan fingerprint density at radius 2 is 1.60 bits per heavy atom. The highest BCUT2D eigenvalue weighted by molar-refractivity contribution is 5.99. The molecule has 3 rings (SSSR count). The smallest absolute Gasteiger partial charge is 0.269 e. The minimum atomic E-state index is -0.394. The predicted octanol–water partition coefficient (Wildman–Crippen LogP) is 2.32. The minimum Gasteiger partial charge on any atom is -0.491 e. The normalized spacial score (nSPS) is 16.2. The van der Waals surface area contributed by atoms with E-state index in [0.29, 0.717) is 23.5 Å². The van der Waals surface area contributed by atoms with Gasteiger partial charge < -0.3 is 9.47 Å². The van der Waals surface area contributed by atoms with Crippen molar-refractivity contribution in [2.45, 2.75) is 18.9 Å². The molecule has 1 aliphatic rings. The summed E-state index contributed by atoms with van der Waals surface area (Å²) in [6.07, 6.45) is 2.24. The largest absolute Gasteiger partial charge is 0.491 e. The fraction of sp³-hybridized carbons (Fsp3) is 0.263. The van der Waals surface area contributed by atoms with E-state index < -0.39 is 5.91 Å². The van der Waals surface area contributed by atoms with Gasteiger partial charge in [0.25, 0.3) is 11.8 Å². The summed E-state index contributed by atoms with van der Waals surface area (Å²) in [6, 6.07) is 15.4. The highest BCUT2D eigenvalue weighted by Gasteiger charge is 2.16. The summed E-state index contributed by atoms with van der Waals surface area (Å²) in [5.74, 6) is -0.0826. The molecule has 2 N–H and O–H groups in total. The summed E-state index contributed by atoms with van der Waals surface area (Å²) in [5.41, 5.74) is 5.68. The minimum absolute atomic E-state index is 0.149. The number of hydrazine groups is 1. The number of carbonyl (C=O) groups excluding carboxylic acids is 2. The average Bonchev–Trinajstić information content (AvgIpc) is 3.19. The Bertz CT molecular complexity index is 710. The number of hydrogen-bond donors (Lipinski definition) is 2. The molecular formula is C19H20N2O4. The van der Waals surface area contributed by atoms with E-state index in [4.69, 9.17) is 9.47 Å². The Hall–Kier alpha value is -2.86. The van der Waals surface area contributed by atoms with E-state index >= 15 is 0 Å². The van der Waals surface area contributed by atoms with Crippen LogP contribution in [0.5, 0.6) is 5.75 Å². The monoisotopic (exact) mass is 340 g/mol. The van der Waals surface area contributed by atoms with Gasteiger partial charge in [0.05, 0.1) is 6.10 Å². The molecular weight excluding hydrogens is 320 g/mol. The van der Waals surface area contributed by atoms with E-state index in [1.165, 1.54) is 0 Å². The van der Waals surface area contributed by atoms with Gasteiger partial charge in [0.2, 0.25) is 0 Å². The molecule has 0 saturated carbocycles. The van der Waals surface area contributed by atoms with Crippen molar-refractivity contribution in [2.75, 3.05) is 13.2 Å². The maximum Gasteiger partial charge on any atom is 0.269 e. The molecule has 0 aliphatic carbocycles. The molecule has 1 fully saturated rings. The molecule has 2 aromatic rings. The average molecular weight is 340 g/mol. The van der Waals surface area contributed by atoms with Gasteiger partial charge >= 0.3 is 0 Å². The lowest BCUT2D eigenvalue weighted by Gasteiger charge is -2.12. The van der Waals surface area contributed by atoms with Crippen LogP contribution in [0.4, 0.5) is 0 Å². The molecule has 25 heavy (non-hydrogen) atoms. The van der Waals surface area contributed by atoms with Crippen LogP contribution in [0, 0.1) is 0 Å². The number of rotatable bonds is 5. The molecule has 1 heterocycles. The molecule has 1 atom stereocenters. The van der Waals surface area contributed by atoms with Crippen LogP contribution in [-0.2, 0) is 4.74 Å². The van der Waals surface area contributed by atoms with E-state index in [2.05, 4.69) is 10.9 Å². The van der Waals surface area contributed by atoms with Crippen molar-refractivity contribution in [3.8, 4) is 5.75 Å². The molecule has 0 bridgehead atoms. The quantitative estimate of drug-likeness (QED) is 0.819. The van der Waals surface area contributed by atoms with Gasteiger partial charge in [-0.2, -0.15) is 0 Å². The van der Waals surface area contributed by atoms with Crippen molar-refractivity contribution in [2.24, 2.45) is 0 Å². The molecule has 130 valence electrons. The number of ether oxygens (including phenoxy) is 2. The van der Waals surface area contributed by atoms with Gasteiger partial charge in [-0.3, -0.25) is 20.4 Å². The fourth-order valence-corrected chi connectivity index (χ4v) is 2.51. The van der Waals surface area contributed by atoms with Crippen LogP contribution in [0.2, 0.25) is 0 Å². The SMILES string of the molecule is O=C(NNC(=O)c1ccc(OC[C@H]2CCCO2)cc1)c1ccccc1. The molecule has 0 unspecified atom stereocenters. The molecule has 2 aromatic carbocycles. The summed E-state index contributed by atoms with van der Waals surface area (Å²) in [6.45, 7) is 1.31. The van der Waals surface area contributed by atoms with Crippen LogP contribution in [0.3, 0.4) is 0 Å². The van der Waals surface area contributed by atoms with Crippen LogP contribution in [0.15, 0.2) is 54.6 Å². The van der Waals surface area contributed by atoms with E-state index in [1.54, 1.807) is 48.5 Å². The number of hydrogen-bond acceptors (Lipinski definition) is 4. The summed E-state index contributed by atoms with van der Waals surface area (Å²) < 4.78 is 11.2. The van der Waals surface area contributed by atoms with Gasteiger partial charge in [-0.15, -0.1) is 0 Å². The Labute approximate surface area is 146 Å². The Balaban J connectivity index is 1.47. The van der Waals surface area contributed by atoms with Crippen LogP contribution < -0.4 is 15.6 Å². The van der Waals surface area contributed by atoms with Crippen LogP contribution >= 0.6 is 0 Å². The molecule has 1 saturated heterocycles.